The minimum atomic E-state index is -0.320. The van der Waals surface area contributed by atoms with Crippen LogP contribution in [0.25, 0.3) is 21.8 Å². The number of pyridine rings is 1. The molecule has 0 aliphatic rings. The summed E-state index contributed by atoms with van der Waals surface area (Å²) in [5.41, 5.74) is 1.27. The van der Waals surface area contributed by atoms with Crippen LogP contribution in [0.2, 0.25) is 0 Å². The molecular formula is C10H7N3O2. The Balaban J connectivity index is 2.59. The average molecular weight is 201 g/mol. The van der Waals surface area contributed by atoms with Crippen molar-refractivity contribution in [2.75, 3.05) is 0 Å². The van der Waals surface area contributed by atoms with E-state index in [1.807, 2.05) is 0 Å². The Bertz CT molecular complexity index is 711. The maximum absolute atomic E-state index is 11.1. The van der Waals surface area contributed by atoms with Gasteiger partial charge in [0.05, 0.1) is 17.4 Å². The molecule has 2 aromatic heterocycles. The zero-order valence-electron chi connectivity index (χ0n) is 7.61. The van der Waals surface area contributed by atoms with Crippen molar-refractivity contribution in [1.29, 1.82) is 0 Å². The van der Waals surface area contributed by atoms with Gasteiger partial charge in [0.2, 0.25) is 0 Å². The number of imidazole rings is 1. The Kier molecular flexibility index (Phi) is 1.39. The lowest BCUT2D eigenvalue weighted by molar-refractivity contribution is 0.459. The largest absolute Gasteiger partial charge is 0.494 e. The third kappa shape index (κ3) is 1.10. The van der Waals surface area contributed by atoms with Gasteiger partial charge in [0.15, 0.2) is 5.88 Å². The Morgan fingerprint density at radius 1 is 1.27 bits per heavy atom. The molecule has 0 fully saturated rings. The molecule has 0 aliphatic carbocycles. The second kappa shape index (κ2) is 2.60. The summed E-state index contributed by atoms with van der Waals surface area (Å²) in [5, 5.41) is 10.8. The number of nitrogens with zero attached hydrogens (tertiary/aromatic N) is 1. The number of hydrogen-bond acceptors (Lipinski definition) is 3. The van der Waals surface area contributed by atoms with Crippen LogP contribution in [0, 0.1) is 0 Å². The Morgan fingerprint density at radius 3 is 3.00 bits per heavy atom. The van der Waals surface area contributed by atoms with Gasteiger partial charge < -0.3 is 10.1 Å². The lowest BCUT2D eigenvalue weighted by Gasteiger charge is -1.99. The van der Waals surface area contributed by atoms with Crippen LogP contribution in [0.4, 0.5) is 0 Å². The van der Waals surface area contributed by atoms with Gasteiger partial charge in [-0.2, -0.15) is 0 Å². The van der Waals surface area contributed by atoms with Crippen LogP contribution in [-0.4, -0.2) is 20.1 Å². The van der Waals surface area contributed by atoms with E-state index in [4.69, 9.17) is 0 Å². The first-order valence-corrected chi connectivity index (χ1v) is 4.43. The standard InChI is InChI=1S/C10H7N3O2/c14-9-2-5-1-7-8(12-4-11-7)3-6(5)10(15)13-9/h1-4H,(H,11,12)(H2,13,14,15). The molecule has 0 amide bonds. The maximum atomic E-state index is 11.1. The lowest BCUT2D eigenvalue weighted by Crippen LogP contribution is -2.02. The summed E-state index contributed by atoms with van der Waals surface area (Å²) in [5.74, 6) is -0.123. The van der Waals surface area contributed by atoms with E-state index >= 15 is 0 Å². The predicted octanol–water partition coefficient (Wildman–Crippen LogP) is 1.11. The van der Waals surface area contributed by atoms with Crippen molar-refractivity contribution < 1.29 is 5.11 Å². The molecular weight excluding hydrogens is 194 g/mol. The van der Waals surface area contributed by atoms with E-state index in [0.29, 0.717) is 10.8 Å². The number of benzene rings is 1. The molecule has 2 heterocycles. The topological polar surface area (TPSA) is 81.8 Å². The van der Waals surface area contributed by atoms with Crippen LogP contribution in [0.1, 0.15) is 0 Å². The highest BCUT2D eigenvalue weighted by Crippen LogP contribution is 2.24. The monoisotopic (exact) mass is 201 g/mol. The van der Waals surface area contributed by atoms with Gasteiger partial charge in [0.1, 0.15) is 0 Å². The van der Waals surface area contributed by atoms with E-state index in [9.17, 15) is 9.90 Å². The summed E-state index contributed by atoms with van der Waals surface area (Å²) >= 11 is 0. The van der Waals surface area contributed by atoms with E-state index < -0.39 is 0 Å². The van der Waals surface area contributed by atoms with Gasteiger partial charge in [-0.15, -0.1) is 0 Å². The molecule has 0 radical (unpaired) electrons. The summed E-state index contributed by atoms with van der Waals surface area (Å²) < 4.78 is 0. The minimum Gasteiger partial charge on any atom is -0.494 e. The molecule has 5 nitrogen and oxygen atoms in total. The Morgan fingerprint density at radius 2 is 2.13 bits per heavy atom. The molecule has 0 bridgehead atoms. The summed E-state index contributed by atoms with van der Waals surface area (Å²) in [6.07, 6.45) is 1.57. The zero-order chi connectivity index (χ0) is 10.4. The highest BCUT2D eigenvalue weighted by atomic mass is 16.3. The van der Waals surface area contributed by atoms with Crippen molar-refractivity contribution in [3.63, 3.8) is 0 Å². The highest BCUT2D eigenvalue weighted by Gasteiger charge is 2.04. The molecule has 0 aliphatic heterocycles. The number of aromatic amines is 2. The molecule has 5 heteroatoms. The van der Waals surface area contributed by atoms with Crippen LogP contribution in [0.5, 0.6) is 5.88 Å². The van der Waals surface area contributed by atoms with Crippen LogP contribution < -0.4 is 5.56 Å². The second-order valence-electron chi connectivity index (χ2n) is 3.34. The summed E-state index contributed by atoms with van der Waals surface area (Å²) in [6, 6.07) is 4.95. The number of H-pyrrole nitrogens is 2. The van der Waals surface area contributed by atoms with Crippen molar-refractivity contribution in [1.82, 2.24) is 15.0 Å². The molecule has 1 aromatic carbocycles. The molecule has 0 unspecified atom stereocenters. The number of aromatic hydroxyl groups is 1. The van der Waals surface area contributed by atoms with E-state index in [0.717, 1.165) is 11.0 Å². The van der Waals surface area contributed by atoms with Crippen LogP contribution in [0.15, 0.2) is 29.3 Å². The van der Waals surface area contributed by atoms with Gasteiger partial charge in [-0.05, 0) is 17.5 Å². The van der Waals surface area contributed by atoms with Gasteiger partial charge in [0.25, 0.3) is 5.56 Å². The van der Waals surface area contributed by atoms with E-state index in [1.54, 1.807) is 18.5 Å². The molecule has 0 saturated heterocycles. The van der Waals surface area contributed by atoms with Crippen LogP contribution in [0.3, 0.4) is 0 Å². The third-order valence-electron chi connectivity index (χ3n) is 2.37. The maximum Gasteiger partial charge on any atom is 0.251 e. The van der Waals surface area contributed by atoms with Crippen molar-refractivity contribution in [3.05, 3.63) is 34.9 Å². The predicted molar refractivity (Wildman–Crippen MR) is 55.9 cm³/mol. The molecule has 0 saturated carbocycles. The first-order chi connectivity index (χ1) is 7.24. The Hall–Kier alpha value is -2.30. The molecule has 3 aromatic rings. The molecule has 3 rings (SSSR count). The molecule has 15 heavy (non-hydrogen) atoms. The van der Waals surface area contributed by atoms with E-state index in [1.165, 1.54) is 6.07 Å². The van der Waals surface area contributed by atoms with Crippen molar-refractivity contribution in [3.8, 4) is 5.88 Å². The number of hydrogen-bond donors (Lipinski definition) is 3. The molecule has 74 valence electrons. The lowest BCUT2D eigenvalue weighted by atomic mass is 10.1. The van der Waals surface area contributed by atoms with Gasteiger partial charge in [-0.25, -0.2) is 4.98 Å². The van der Waals surface area contributed by atoms with Crippen LogP contribution >= 0.6 is 0 Å². The van der Waals surface area contributed by atoms with Crippen molar-refractivity contribution in [2.24, 2.45) is 0 Å². The van der Waals surface area contributed by atoms with Crippen molar-refractivity contribution >= 4 is 21.8 Å². The number of aromatic nitrogens is 3. The van der Waals surface area contributed by atoms with Crippen molar-refractivity contribution in [2.45, 2.75) is 0 Å². The summed E-state index contributed by atoms with van der Waals surface area (Å²) in [6.45, 7) is 0. The second-order valence-corrected chi connectivity index (χ2v) is 3.34. The number of nitrogens with one attached hydrogen (secondary N) is 2. The molecule has 3 N–H and O–H groups in total. The van der Waals surface area contributed by atoms with E-state index in [2.05, 4.69) is 15.0 Å². The fourth-order valence-electron chi connectivity index (χ4n) is 1.68. The van der Waals surface area contributed by atoms with Crippen LogP contribution in [-0.2, 0) is 0 Å². The fraction of sp³-hybridized carbons (Fsp3) is 0. The smallest absolute Gasteiger partial charge is 0.251 e. The summed E-state index contributed by atoms with van der Waals surface area (Å²) in [4.78, 5) is 20.5. The first-order valence-electron chi connectivity index (χ1n) is 4.43. The fourth-order valence-corrected chi connectivity index (χ4v) is 1.68. The highest BCUT2D eigenvalue weighted by molar-refractivity contribution is 5.97. The first kappa shape index (κ1) is 8.05. The zero-order valence-corrected chi connectivity index (χ0v) is 7.61. The third-order valence-corrected chi connectivity index (χ3v) is 2.37. The van der Waals surface area contributed by atoms with Gasteiger partial charge in [0, 0.05) is 11.5 Å². The van der Waals surface area contributed by atoms with Gasteiger partial charge >= 0.3 is 0 Å². The SMILES string of the molecule is O=c1cc2cc3[nH]cnc3cc2c(O)[nH]1. The van der Waals surface area contributed by atoms with E-state index in [-0.39, 0.29) is 11.4 Å². The molecule has 0 spiro atoms. The molecule has 0 atom stereocenters. The minimum absolute atomic E-state index is 0.123. The average Bonchev–Trinajstić information content (AvgIpc) is 2.61. The number of fused-ring (bicyclic) bond motifs is 2. The quantitative estimate of drug-likeness (QED) is 0.509. The van der Waals surface area contributed by atoms with Gasteiger partial charge in [-0.3, -0.25) is 9.78 Å². The normalized spacial score (nSPS) is 11.2. The van der Waals surface area contributed by atoms with Gasteiger partial charge in [-0.1, -0.05) is 0 Å². The number of rotatable bonds is 0. The Labute approximate surface area is 83.4 Å². The summed E-state index contributed by atoms with van der Waals surface area (Å²) in [7, 11) is 0.